The molecule has 2 aromatic rings. The van der Waals surface area contributed by atoms with Gasteiger partial charge < -0.3 is 5.32 Å². The summed E-state index contributed by atoms with van der Waals surface area (Å²) in [6.45, 7) is 4.69. The molecule has 0 saturated heterocycles. The molecule has 5 heteroatoms. The van der Waals surface area contributed by atoms with E-state index >= 15 is 0 Å². The van der Waals surface area contributed by atoms with Crippen molar-refractivity contribution in [2.45, 2.75) is 64.8 Å². The zero-order valence-electron chi connectivity index (χ0n) is 15.3. The number of aryl methyl sites for hydroxylation is 2. The number of nitrogens with one attached hydrogen (secondary N) is 1. The molecule has 1 aliphatic carbocycles. The van der Waals surface area contributed by atoms with Crippen LogP contribution in [0, 0.1) is 19.8 Å². The number of aromatic nitrogens is 2. The van der Waals surface area contributed by atoms with E-state index in [-0.39, 0.29) is 11.9 Å². The summed E-state index contributed by atoms with van der Waals surface area (Å²) in [6, 6.07) is 6.35. The third kappa shape index (κ3) is 4.94. The van der Waals surface area contributed by atoms with Gasteiger partial charge in [-0.25, -0.2) is 0 Å². The van der Waals surface area contributed by atoms with Crippen molar-refractivity contribution in [2.75, 3.05) is 6.54 Å². The van der Waals surface area contributed by atoms with Crippen molar-refractivity contribution in [2.24, 2.45) is 5.92 Å². The second-order valence-electron chi connectivity index (χ2n) is 7.25. The van der Waals surface area contributed by atoms with Gasteiger partial charge in [-0.05, 0) is 43.7 Å². The number of hydrogen-bond donors (Lipinski definition) is 1. The lowest BCUT2D eigenvalue weighted by molar-refractivity contribution is -0.121. The highest BCUT2D eigenvalue weighted by molar-refractivity contribution is 7.10. The van der Waals surface area contributed by atoms with E-state index in [0.29, 0.717) is 13.0 Å². The normalized spacial score (nSPS) is 16.7. The molecule has 25 heavy (non-hydrogen) atoms. The second kappa shape index (κ2) is 8.65. The Morgan fingerprint density at radius 2 is 2.16 bits per heavy atom. The van der Waals surface area contributed by atoms with E-state index < -0.39 is 0 Å². The lowest BCUT2D eigenvalue weighted by Crippen LogP contribution is -2.32. The van der Waals surface area contributed by atoms with Gasteiger partial charge in [-0.2, -0.15) is 5.10 Å². The molecule has 1 atom stereocenters. The number of nitrogens with zero attached hydrogens (tertiary/aromatic N) is 2. The number of thiophene rings is 1. The van der Waals surface area contributed by atoms with E-state index in [1.54, 1.807) is 11.3 Å². The highest BCUT2D eigenvalue weighted by Crippen LogP contribution is 2.27. The lowest BCUT2D eigenvalue weighted by atomic mass is 9.86. The number of rotatable bonds is 7. The quantitative estimate of drug-likeness (QED) is 0.783. The molecule has 136 valence electrons. The largest absolute Gasteiger partial charge is 0.354 e. The van der Waals surface area contributed by atoms with Gasteiger partial charge in [-0.1, -0.05) is 38.2 Å². The summed E-state index contributed by atoms with van der Waals surface area (Å²) >= 11 is 1.72. The molecule has 4 nitrogen and oxygen atoms in total. The molecule has 0 bridgehead atoms. The maximum absolute atomic E-state index is 12.3. The topological polar surface area (TPSA) is 46.9 Å². The Kier molecular flexibility index (Phi) is 6.29. The van der Waals surface area contributed by atoms with Crippen molar-refractivity contribution < 1.29 is 4.79 Å². The molecule has 1 amide bonds. The summed E-state index contributed by atoms with van der Waals surface area (Å²) in [6.07, 6.45) is 8.34. The van der Waals surface area contributed by atoms with Crippen LogP contribution in [0.3, 0.4) is 0 Å². The average molecular weight is 360 g/mol. The Morgan fingerprint density at radius 1 is 1.36 bits per heavy atom. The molecule has 0 radical (unpaired) electrons. The fourth-order valence-electron chi connectivity index (χ4n) is 3.86. The van der Waals surface area contributed by atoms with Crippen LogP contribution in [-0.4, -0.2) is 22.2 Å². The number of amides is 1. The van der Waals surface area contributed by atoms with Gasteiger partial charge in [0.05, 0.1) is 5.69 Å². The van der Waals surface area contributed by atoms with E-state index in [1.165, 1.54) is 37.0 Å². The highest BCUT2D eigenvalue weighted by Gasteiger charge is 2.20. The van der Waals surface area contributed by atoms with E-state index in [1.807, 2.05) is 11.6 Å². The second-order valence-corrected chi connectivity index (χ2v) is 8.23. The van der Waals surface area contributed by atoms with Gasteiger partial charge in [0, 0.05) is 23.5 Å². The summed E-state index contributed by atoms with van der Waals surface area (Å²) in [5, 5.41) is 9.87. The predicted molar refractivity (Wildman–Crippen MR) is 103 cm³/mol. The third-order valence-corrected chi connectivity index (χ3v) is 6.18. The fraction of sp³-hybridized carbons (Fsp3) is 0.600. The van der Waals surface area contributed by atoms with Crippen LogP contribution >= 0.6 is 11.3 Å². The number of carbonyl (C=O) groups is 1. The maximum Gasteiger partial charge on any atom is 0.220 e. The van der Waals surface area contributed by atoms with Crippen molar-refractivity contribution >= 4 is 17.2 Å². The molecule has 1 N–H and O–H groups in total. The minimum atomic E-state index is 0.0762. The van der Waals surface area contributed by atoms with Crippen LogP contribution in [0.15, 0.2) is 23.6 Å². The van der Waals surface area contributed by atoms with Gasteiger partial charge in [-0.3, -0.25) is 9.48 Å². The molecule has 1 aliphatic rings. The van der Waals surface area contributed by atoms with Crippen molar-refractivity contribution in [3.63, 3.8) is 0 Å². The lowest BCUT2D eigenvalue weighted by Gasteiger charge is -2.22. The monoisotopic (exact) mass is 359 g/mol. The Balaban J connectivity index is 1.57. The summed E-state index contributed by atoms with van der Waals surface area (Å²) in [5.41, 5.74) is 2.15. The first-order valence-electron chi connectivity index (χ1n) is 9.46. The van der Waals surface area contributed by atoms with Gasteiger partial charge in [0.2, 0.25) is 5.91 Å². The standard InChI is InChI=1S/C20H29N3OS/c1-15-13-16(2)23(22-15)18(19-9-6-12-25-19)14-21-20(24)11-10-17-7-4-3-5-8-17/h6,9,12-13,17-18H,3-5,7-8,10-11,14H2,1-2H3,(H,21,24). The maximum atomic E-state index is 12.3. The predicted octanol–water partition coefficient (Wildman–Crippen LogP) is 4.63. The van der Waals surface area contributed by atoms with Gasteiger partial charge in [0.25, 0.3) is 0 Å². The van der Waals surface area contributed by atoms with Gasteiger partial charge in [-0.15, -0.1) is 11.3 Å². The zero-order valence-corrected chi connectivity index (χ0v) is 16.1. The molecule has 3 rings (SSSR count). The molecule has 1 fully saturated rings. The van der Waals surface area contributed by atoms with Gasteiger partial charge >= 0.3 is 0 Å². The van der Waals surface area contributed by atoms with Crippen molar-refractivity contribution in [3.8, 4) is 0 Å². The van der Waals surface area contributed by atoms with Gasteiger partial charge in [0.15, 0.2) is 0 Å². The summed E-state index contributed by atoms with van der Waals surface area (Å²) in [7, 11) is 0. The molecule has 0 aliphatic heterocycles. The molecule has 2 aromatic heterocycles. The summed E-state index contributed by atoms with van der Waals surface area (Å²) < 4.78 is 2.04. The van der Waals surface area contributed by atoms with E-state index in [0.717, 1.165) is 23.7 Å². The zero-order chi connectivity index (χ0) is 17.6. The molecule has 2 heterocycles. The van der Waals surface area contributed by atoms with Crippen LogP contribution in [0.2, 0.25) is 0 Å². The minimum Gasteiger partial charge on any atom is -0.354 e. The van der Waals surface area contributed by atoms with Crippen LogP contribution in [-0.2, 0) is 4.79 Å². The Labute approximate surface area is 154 Å². The van der Waals surface area contributed by atoms with Crippen molar-refractivity contribution in [3.05, 3.63) is 39.8 Å². The summed E-state index contributed by atoms with van der Waals surface area (Å²) in [4.78, 5) is 13.6. The van der Waals surface area contributed by atoms with E-state index in [2.05, 4.69) is 40.9 Å². The molecular weight excluding hydrogens is 330 g/mol. The fourth-order valence-corrected chi connectivity index (χ4v) is 4.67. The molecule has 0 aromatic carbocycles. The molecule has 1 unspecified atom stereocenters. The van der Waals surface area contributed by atoms with E-state index in [9.17, 15) is 4.79 Å². The average Bonchev–Trinajstić information content (AvgIpc) is 3.25. The van der Waals surface area contributed by atoms with Crippen LogP contribution < -0.4 is 5.32 Å². The molecule has 1 saturated carbocycles. The highest BCUT2D eigenvalue weighted by atomic mass is 32.1. The SMILES string of the molecule is Cc1cc(C)n(C(CNC(=O)CCC2CCCCC2)c2cccs2)n1. The third-order valence-electron chi connectivity index (χ3n) is 5.21. The van der Waals surface area contributed by atoms with Crippen molar-refractivity contribution in [1.82, 2.24) is 15.1 Å². The van der Waals surface area contributed by atoms with Crippen LogP contribution in [0.5, 0.6) is 0 Å². The molecular formula is C20H29N3OS. The first-order valence-corrected chi connectivity index (χ1v) is 10.3. The number of carbonyl (C=O) groups excluding carboxylic acids is 1. The Morgan fingerprint density at radius 3 is 2.80 bits per heavy atom. The van der Waals surface area contributed by atoms with E-state index in [4.69, 9.17) is 0 Å². The van der Waals surface area contributed by atoms with Crippen LogP contribution in [0.25, 0.3) is 0 Å². The Hall–Kier alpha value is -1.62. The van der Waals surface area contributed by atoms with Gasteiger partial charge in [0.1, 0.15) is 6.04 Å². The minimum absolute atomic E-state index is 0.0762. The first kappa shape index (κ1) is 18.2. The number of hydrogen-bond acceptors (Lipinski definition) is 3. The first-order chi connectivity index (χ1) is 12.1. The Bertz CT molecular complexity index is 671. The summed E-state index contributed by atoms with van der Waals surface area (Å²) in [5.74, 6) is 0.928. The van der Waals surface area contributed by atoms with Crippen LogP contribution in [0.1, 0.15) is 67.3 Å². The molecule has 0 spiro atoms. The smallest absolute Gasteiger partial charge is 0.220 e. The van der Waals surface area contributed by atoms with Crippen molar-refractivity contribution in [1.29, 1.82) is 0 Å². The van der Waals surface area contributed by atoms with Crippen LogP contribution in [0.4, 0.5) is 0 Å².